The lowest BCUT2D eigenvalue weighted by atomic mass is 10.1. The maximum Gasteiger partial charge on any atom is 0.263 e. The van der Waals surface area contributed by atoms with Crippen molar-refractivity contribution < 1.29 is 4.79 Å². The Morgan fingerprint density at radius 1 is 1.53 bits per heavy atom. The van der Waals surface area contributed by atoms with Gasteiger partial charge in [0.15, 0.2) is 0 Å². The number of nitrogens with one attached hydrogen (secondary N) is 1. The zero-order valence-electron chi connectivity index (χ0n) is 10.7. The third-order valence-electron chi connectivity index (χ3n) is 3.80. The van der Waals surface area contributed by atoms with Gasteiger partial charge in [0.2, 0.25) is 0 Å². The zero-order valence-corrected chi connectivity index (χ0v) is 11.5. The molecule has 0 radical (unpaired) electrons. The maximum atomic E-state index is 12.3. The van der Waals surface area contributed by atoms with Crippen LogP contribution in [0.15, 0.2) is 12.3 Å². The van der Waals surface area contributed by atoms with Crippen molar-refractivity contribution in [2.24, 2.45) is 5.92 Å². The number of hydrogen-bond acceptors (Lipinski definition) is 5. The number of amides is 1. The quantitative estimate of drug-likeness (QED) is 0.881. The second-order valence-electron chi connectivity index (χ2n) is 5.08. The SMILES string of the molecule is CC1CCCC1NC(=O)c1sc2nnccc2c1N. The van der Waals surface area contributed by atoms with E-state index in [4.69, 9.17) is 5.73 Å². The summed E-state index contributed by atoms with van der Waals surface area (Å²) in [4.78, 5) is 13.6. The summed E-state index contributed by atoms with van der Waals surface area (Å²) in [7, 11) is 0. The van der Waals surface area contributed by atoms with Gasteiger partial charge in [-0.2, -0.15) is 5.10 Å². The molecule has 0 aliphatic heterocycles. The Morgan fingerprint density at radius 3 is 3.05 bits per heavy atom. The largest absolute Gasteiger partial charge is 0.397 e. The monoisotopic (exact) mass is 276 g/mol. The summed E-state index contributed by atoms with van der Waals surface area (Å²) in [5.74, 6) is 0.457. The Balaban J connectivity index is 1.87. The van der Waals surface area contributed by atoms with Crippen molar-refractivity contribution in [2.75, 3.05) is 5.73 Å². The van der Waals surface area contributed by atoms with Crippen molar-refractivity contribution in [2.45, 2.75) is 32.2 Å². The number of nitrogens with two attached hydrogens (primary N) is 1. The van der Waals surface area contributed by atoms with Crippen LogP contribution in [0.25, 0.3) is 10.2 Å². The summed E-state index contributed by atoms with van der Waals surface area (Å²) in [6, 6.07) is 2.06. The average molecular weight is 276 g/mol. The number of carbonyl (C=O) groups excluding carboxylic acids is 1. The van der Waals surface area contributed by atoms with Crippen LogP contribution in [0.1, 0.15) is 35.9 Å². The first-order valence-electron chi connectivity index (χ1n) is 6.47. The molecule has 2 aromatic rings. The Hall–Kier alpha value is -1.69. The second kappa shape index (κ2) is 4.77. The molecule has 2 unspecified atom stereocenters. The molecule has 1 amide bonds. The Bertz CT molecular complexity index is 624. The standard InChI is InChI=1S/C13H16N4OS/c1-7-3-2-4-9(7)16-12(18)11-10(14)8-5-6-15-17-13(8)19-11/h5-7,9H,2-4,14H2,1H3,(H,16,18). The molecule has 0 spiro atoms. The molecular formula is C13H16N4OS. The minimum absolute atomic E-state index is 0.0840. The fourth-order valence-electron chi connectivity index (χ4n) is 2.64. The number of fused-ring (bicyclic) bond motifs is 1. The van der Waals surface area contributed by atoms with Gasteiger partial charge in [0.1, 0.15) is 9.71 Å². The smallest absolute Gasteiger partial charge is 0.263 e. The van der Waals surface area contributed by atoms with Crippen molar-refractivity contribution in [1.29, 1.82) is 0 Å². The van der Waals surface area contributed by atoms with Crippen molar-refractivity contribution in [3.63, 3.8) is 0 Å². The number of nitrogen functional groups attached to an aromatic ring is 1. The van der Waals surface area contributed by atoms with Crippen LogP contribution in [-0.2, 0) is 0 Å². The number of hydrogen-bond donors (Lipinski definition) is 2. The normalized spacial score (nSPS) is 22.8. The molecule has 19 heavy (non-hydrogen) atoms. The third-order valence-corrected chi connectivity index (χ3v) is 4.91. The molecule has 6 heteroatoms. The molecule has 5 nitrogen and oxygen atoms in total. The number of anilines is 1. The molecule has 2 atom stereocenters. The molecule has 3 N–H and O–H groups in total. The summed E-state index contributed by atoms with van der Waals surface area (Å²) in [5, 5.41) is 11.7. The summed E-state index contributed by atoms with van der Waals surface area (Å²) >= 11 is 1.31. The van der Waals surface area contributed by atoms with Gasteiger partial charge in [0.05, 0.1) is 11.9 Å². The van der Waals surface area contributed by atoms with Crippen molar-refractivity contribution in [3.8, 4) is 0 Å². The first-order valence-corrected chi connectivity index (χ1v) is 7.29. The van der Waals surface area contributed by atoms with Crippen LogP contribution in [0, 0.1) is 5.92 Å². The van der Waals surface area contributed by atoms with Crippen LogP contribution in [0.5, 0.6) is 0 Å². The van der Waals surface area contributed by atoms with Gasteiger partial charge in [0, 0.05) is 11.4 Å². The zero-order chi connectivity index (χ0) is 13.4. The van der Waals surface area contributed by atoms with E-state index >= 15 is 0 Å². The lowest BCUT2D eigenvalue weighted by Crippen LogP contribution is -2.36. The topological polar surface area (TPSA) is 80.9 Å². The summed E-state index contributed by atoms with van der Waals surface area (Å²) < 4.78 is 0. The van der Waals surface area contributed by atoms with Crippen LogP contribution in [0.4, 0.5) is 5.69 Å². The molecule has 2 aromatic heterocycles. The van der Waals surface area contributed by atoms with Gasteiger partial charge in [-0.3, -0.25) is 4.79 Å². The van der Waals surface area contributed by atoms with Crippen molar-refractivity contribution in [3.05, 3.63) is 17.1 Å². The average Bonchev–Trinajstić information content (AvgIpc) is 2.95. The van der Waals surface area contributed by atoms with Gasteiger partial charge in [-0.25, -0.2) is 0 Å². The van der Waals surface area contributed by atoms with Gasteiger partial charge < -0.3 is 11.1 Å². The molecule has 1 aliphatic rings. The first-order chi connectivity index (χ1) is 9.16. The summed E-state index contributed by atoms with van der Waals surface area (Å²) in [6.45, 7) is 2.18. The highest BCUT2D eigenvalue weighted by Gasteiger charge is 2.26. The van der Waals surface area contributed by atoms with E-state index in [9.17, 15) is 4.79 Å². The molecule has 3 rings (SSSR count). The van der Waals surface area contributed by atoms with E-state index in [1.54, 1.807) is 12.3 Å². The van der Waals surface area contributed by atoms with E-state index in [0.29, 0.717) is 21.3 Å². The van der Waals surface area contributed by atoms with Gasteiger partial charge in [-0.05, 0) is 24.8 Å². The Labute approximate surface area is 115 Å². The number of carbonyl (C=O) groups is 1. The fraction of sp³-hybridized carbons (Fsp3) is 0.462. The summed E-state index contributed by atoms with van der Waals surface area (Å²) in [6.07, 6.45) is 5.00. The Kier molecular flexibility index (Phi) is 3.10. The van der Waals surface area contributed by atoms with Crippen LogP contribution in [0.3, 0.4) is 0 Å². The number of aromatic nitrogens is 2. The highest BCUT2D eigenvalue weighted by molar-refractivity contribution is 7.21. The van der Waals surface area contributed by atoms with Crippen LogP contribution in [0.2, 0.25) is 0 Å². The van der Waals surface area contributed by atoms with E-state index in [0.717, 1.165) is 11.8 Å². The van der Waals surface area contributed by atoms with Crippen molar-refractivity contribution in [1.82, 2.24) is 15.5 Å². The molecule has 1 aliphatic carbocycles. The van der Waals surface area contributed by atoms with Gasteiger partial charge in [-0.1, -0.05) is 13.3 Å². The highest BCUT2D eigenvalue weighted by Crippen LogP contribution is 2.32. The van der Waals surface area contributed by atoms with Gasteiger partial charge in [0.25, 0.3) is 5.91 Å². The third kappa shape index (κ3) is 2.16. The summed E-state index contributed by atoms with van der Waals surface area (Å²) in [5.41, 5.74) is 6.54. The van der Waals surface area contributed by atoms with E-state index in [1.807, 2.05) is 0 Å². The first kappa shape index (κ1) is 12.3. The molecule has 0 bridgehead atoms. The van der Waals surface area contributed by atoms with E-state index in [1.165, 1.54) is 24.2 Å². The minimum Gasteiger partial charge on any atom is -0.397 e. The van der Waals surface area contributed by atoms with E-state index in [2.05, 4.69) is 22.4 Å². The van der Waals surface area contributed by atoms with Crippen LogP contribution in [-0.4, -0.2) is 22.1 Å². The highest BCUT2D eigenvalue weighted by atomic mass is 32.1. The number of thiophene rings is 1. The molecule has 100 valence electrons. The molecule has 2 heterocycles. The van der Waals surface area contributed by atoms with E-state index < -0.39 is 0 Å². The van der Waals surface area contributed by atoms with E-state index in [-0.39, 0.29) is 11.9 Å². The number of rotatable bonds is 2. The van der Waals surface area contributed by atoms with Crippen molar-refractivity contribution >= 4 is 33.1 Å². The fourth-order valence-corrected chi connectivity index (χ4v) is 3.58. The van der Waals surface area contributed by atoms with Crippen LogP contribution >= 0.6 is 11.3 Å². The van der Waals surface area contributed by atoms with Gasteiger partial charge >= 0.3 is 0 Å². The van der Waals surface area contributed by atoms with Gasteiger partial charge in [-0.15, -0.1) is 16.4 Å². The predicted molar refractivity (Wildman–Crippen MR) is 76.1 cm³/mol. The second-order valence-corrected chi connectivity index (χ2v) is 6.08. The molecular weight excluding hydrogens is 260 g/mol. The lowest BCUT2D eigenvalue weighted by molar-refractivity contribution is 0.0934. The predicted octanol–water partition coefficient (Wildman–Crippen LogP) is 2.19. The Morgan fingerprint density at radius 2 is 2.37 bits per heavy atom. The molecule has 1 fully saturated rings. The number of nitrogens with zero attached hydrogens (tertiary/aromatic N) is 2. The van der Waals surface area contributed by atoms with Crippen LogP contribution < -0.4 is 11.1 Å². The lowest BCUT2D eigenvalue weighted by Gasteiger charge is -2.16. The minimum atomic E-state index is -0.0840. The maximum absolute atomic E-state index is 12.3. The molecule has 1 saturated carbocycles. The molecule has 0 saturated heterocycles. The molecule has 0 aromatic carbocycles.